The lowest BCUT2D eigenvalue weighted by Gasteiger charge is -2.15. The Labute approximate surface area is 126 Å². The Morgan fingerprint density at radius 1 is 1.05 bits per heavy atom. The summed E-state index contributed by atoms with van der Waals surface area (Å²) in [5.41, 5.74) is 1.42. The molecule has 0 aliphatic heterocycles. The van der Waals surface area contributed by atoms with Gasteiger partial charge in [-0.15, -0.1) is 11.3 Å². The van der Waals surface area contributed by atoms with Crippen molar-refractivity contribution < 1.29 is 0 Å². The molecule has 108 valence electrons. The molecule has 20 heavy (non-hydrogen) atoms. The first-order valence-electron chi connectivity index (χ1n) is 7.28. The Balaban J connectivity index is 1.76. The Morgan fingerprint density at radius 3 is 2.55 bits per heavy atom. The zero-order valence-corrected chi connectivity index (χ0v) is 13.2. The van der Waals surface area contributed by atoms with Gasteiger partial charge in [0.1, 0.15) is 0 Å². The molecule has 2 rings (SSSR count). The van der Waals surface area contributed by atoms with Crippen LogP contribution in [0.5, 0.6) is 0 Å². The van der Waals surface area contributed by atoms with Crippen molar-refractivity contribution in [2.24, 2.45) is 0 Å². The van der Waals surface area contributed by atoms with E-state index in [2.05, 4.69) is 66.7 Å². The molecule has 0 saturated heterocycles. The Hall–Kier alpha value is -1.16. The molecule has 1 heterocycles. The third-order valence-corrected chi connectivity index (χ3v) is 4.39. The summed E-state index contributed by atoms with van der Waals surface area (Å²) in [6.07, 6.45) is 1.12. The Kier molecular flexibility index (Phi) is 6.25. The van der Waals surface area contributed by atoms with E-state index in [-0.39, 0.29) is 0 Å². The van der Waals surface area contributed by atoms with Crippen LogP contribution in [-0.4, -0.2) is 25.0 Å². The van der Waals surface area contributed by atoms with Crippen molar-refractivity contribution >= 4 is 11.3 Å². The van der Waals surface area contributed by atoms with Gasteiger partial charge in [-0.3, -0.25) is 0 Å². The molecule has 0 aliphatic rings. The standard InChI is InChI=1S/C17H24N2S/c1-3-18-13-16-9-10-17(20-16)14-19(2)12-11-15-7-5-4-6-8-15/h4-10,18H,3,11-14H2,1-2H3. The van der Waals surface area contributed by atoms with Gasteiger partial charge in [0.2, 0.25) is 0 Å². The van der Waals surface area contributed by atoms with E-state index in [1.807, 2.05) is 11.3 Å². The summed E-state index contributed by atoms with van der Waals surface area (Å²) in [6.45, 7) is 6.32. The number of nitrogens with one attached hydrogen (secondary N) is 1. The number of hydrogen-bond acceptors (Lipinski definition) is 3. The number of hydrogen-bond donors (Lipinski definition) is 1. The molecule has 0 amide bonds. The van der Waals surface area contributed by atoms with E-state index in [4.69, 9.17) is 0 Å². The van der Waals surface area contributed by atoms with Crippen molar-refractivity contribution in [2.45, 2.75) is 26.4 Å². The highest BCUT2D eigenvalue weighted by atomic mass is 32.1. The van der Waals surface area contributed by atoms with E-state index in [1.54, 1.807) is 0 Å². The van der Waals surface area contributed by atoms with E-state index >= 15 is 0 Å². The second-order valence-electron chi connectivity index (χ2n) is 5.12. The molecular weight excluding hydrogens is 264 g/mol. The highest BCUT2D eigenvalue weighted by Gasteiger charge is 2.04. The molecule has 0 radical (unpaired) electrons. The number of benzene rings is 1. The van der Waals surface area contributed by atoms with Crippen molar-refractivity contribution in [2.75, 3.05) is 20.1 Å². The number of nitrogens with zero attached hydrogens (tertiary/aromatic N) is 1. The minimum atomic E-state index is 0.995. The Morgan fingerprint density at radius 2 is 1.80 bits per heavy atom. The predicted molar refractivity (Wildman–Crippen MR) is 88.2 cm³/mol. The second kappa shape index (κ2) is 8.20. The van der Waals surface area contributed by atoms with Crippen LogP contribution in [0.2, 0.25) is 0 Å². The van der Waals surface area contributed by atoms with Crippen molar-refractivity contribution in [1.29, 1.82) is 0 Å². The van der Waals surface area contributed by atoms with Crippen LogP contribution in [0.3, 0.4) is 0 Å². The highest BCUT2D eigenvalue weighted by molar-refractivity contribution is 7.11. The molecular formula is C17H24N2S. The van der Waals surface area contributed by atoms with Gasteiger partial charge in [-0.05, 0) is 37.7 Å². The van der Waals surface area contributed by atoms with Gasteiger partial charge in [0.25, 0.3) is 0 Å². The number of likely N-dealkylation sites (N-methyl/N-ethyl adjacent to an activating group) is 1. The molecule has 0 saturated carbocycles. The topological polar surface area (TPSA) is 15.3 Å². The number of rotatable bonds is 8. The third kappa shape index (κ3) is 5.08. The molecule has 1 N–H and O–H groups in total. The molecule has 0 aliphatic carbocycles. The summed E-state index contributed by atoms with van der Waals surface area (Å²) in [7, 11) is 2.20. The zero-order valence-electron chi connectivity index (χ0n) is 12.4. The van der Waals surface area contributed by atoms with E-state index in [0.717, 1.165) is 32.6 Å². The fourth-order valence-electron chi connectivity index (χ4n) is 2.16. The van der Waals surface area contributed by atoms with Crippen LogP contribution in [0.1, 0.15) is 22.2 Å². The highest BCUT2D eigenvalue weighted by Crippen LogP contribution is 2.18. The lowest BCUT2D eigenvalue weighted by Crippen LogP contribution is -2.20. The number of thiophene rings is 1. The quantitative estimate of drug-likeness (QED) is 0.799. The Bertz CT molecular complexity index is 493. The van der Waals surface area contributed by atoms with Crippen LogP contribution >= 0.6 is 11.3 Å². The maximum absolute atomic E-state index is 3.37. The van der Waals surface area contributed by atoms with Crippen molar-refractivity contribution in [3.8, 4) is 0 Å². The zero-order chi connectivity index (χ0) is 14.2. The van der Waals surface area contributed by atoms with Crippen LogP contribution in [0.4, 0.5) is 0 Å². The van der Waals surface area contributed by atoms with Crippen LogP contribution in [0.15, 0.2) is 42.5 Å². The first kappa shape index (κ1) is 15.2. The molecule has 0 atom stereocenters. The van der Waals surface area contributed by atoms with Gasteiger partial charge in [-0.2, -0.15) is 0 Å². The maximum Gasteiger partial charge on any atom is 0.0325 e. The minimum Gasteiger partial charge on any atom is -0.312 e. The molecule has 1 aromatic heterocycles. The smallest absolute Gasteiger partial charge is 0.0325 e. The van der Waals surface area contributed by atoms with Gasteiger partial charge in [0.15, 0.2) is 0 Å². The molecule has 0 spiro atoms. The average Bonchev–Trinajstić information content (AvgIpc) is 2.91. The fraction of sp³-hybridized carbons (Fsp3) is 0.412. The van der Waals surface area contributed by atoms with E-state index < -0.39 is 0 Å². The molecule has 0 fully saturated rings. The second-order valence-corrected chi connectivity index (χ2v) is 6.37. The van der Waals surface area contributed by atoms with Crippen LogP contribution in [0.25, 0.3) is 0 Å². The van der Waals surface area contributed by atoms with Gasteiger partial charge in [0, 0.05) is 29.4 Å². The first-order chi connectivity index (χ1) is 9.78. The van der Waals surface area contributed by atoms with Gasteiger partial charge >= 0.3 is 0 Å². The average molecular weight is 288 g/mol. The normalized spacial score (nSPS) is 11.2. The summed E-state index contributed by atoms with van der Waals surface area (Å²) in [5, 5.41) is 3.37. The van der Waals surface area contributed by atoms with Gasteiger partial charge in [0.05, 0.1) is 0 Å². The molecule has 3 heteroatoms. The fourth-order valence-corrected chi connectivity index (χ4v) is 3.23. The molecule has 0 unspecified atom stereocenters. The minimum absolute atomic E-state index is 0.995. The van der Waals surface area contributed by atoms with Crippen LogP contribution in [0, 0.1) is 0 Å². The molecule has 0 bridgehead atoms. The lowest BCUT2D eigenvalue weighted by molar-refractivity contribution is 0.334. The summed E-state index contributed by atoms with van der Waals surface area (Å²) >= 11 is 1.92. The van der Waals surface area contributed by atoms with E-state index in [0.29, 0.717) is 0 Å². The van der Waals surface area contributed by atoms with Gasteiger partial charge < -0.3 is 10.2 Å². The summed E-state index contributed by atoms with van der Waals surface area (Å²) in [4.78, 5) is 5.28. The summed E-state index contributed by atoms with van der Waals surface area (Å²) < 4.78 is 0. The summed E-state index contributed by atoms with van der Waals surface area (Å²) in [6, 6.07) is 15.2. The third-order valence-electron chi connectivity index (χ3n) is 3.32. The van der Waals surface area contributed by atoms with Gasteiger partial charge in [-0.25, -0.2) is 0 Å². The van der Waals surface area contributed by atoms with Gasteiger partial charge in [-0.1, -0.05) is 37.3 Å². The lowest BCUT2D eigenvalue weighted by atomic mass is 10.1. The van der Waals surface area contributed by atoms with Crippen LogP contribution < -0.4 is 5.32 Å². The maximum atomic E-state index is 3.37. The molecule has 2 nitrogen and oxygen atoms in total. The van der Waals surface area contributed by atoms with Crippen molar-refractivity contribution in [3.63, 3.8) is 0 Å². The van der Waals surface area contributed by atoms with E-state index in [1.165, 1.54) is 15.3 Å². The van der Waals surface area contributed by atoms with Crippen molar-refractivity contribution in [3.05, 3.63) is 57.8 Å². The molecule has 2 aromatic rings. The first-order valence-corrected chi connectivity index (χ1v) is 8.10. The van der Waals surface area contributed by atoms with Crippen LogP contribution in [-0.2, 0) is 19.5 Å². The monoisotopic (exact) mass is 288 g/mol. The SMILES string of the molecule is CCNCc1ccc(CN(C)CCc2ccccc2)s1. The van der Waals surface area contributed by atoms with Crippen molar-refractivity contribution in [1.82, 2.24) is 10.2 Å². The van der Waals surface area contributed by atoms with E-state index in [9.17, 15) is 0 Å². The molecule has 1 aromatic carbocycles. The summed E-state index contributed by atoms with van der Waals surface area (Å²) in [5.74, 6) is 0. The predicted octanol–water partition coefficient (Wildman–Crippen LogP) is 3.53. The largest absolute Gasteiger partial charge is 0.312 e.